The Kier molecular flexibility index (Phi) is 3.18. The van der Waals surface area contributed by atoms with Crippen LogP contribution in [0.4, 0.5) is 0 Å². The Morgan fingerprint density at radius 1 is 1.37 bits per heavy atom. The van der Waals surface area contributed by atoms with Crippen molar-refractivity contribution < 1.29 is 0 Å². The van der Waals surface area contributed by atoms with Crippen LogP contribution < -0.4 is 5.32 Å². The first-order valence-electron chi connectivity index (χ1n) is 5.97. The van der Waals surface area contributed by atoms with Gasteiger partial charge >= 0.3 is 0 Å². The van der Waals surface area contributed by atoms with Gasteiger partial charge in [0.05, 0.1) is 11.1 Å². The average molecular weight is 277 g/mol. The smallest absolute Gasteiger partial charge is 0.191 e. The number of tetrazole rings is 1. The zero-order chi connectivity index (χ0) is 13.2. The summed E-state index contributed by atoms with van der Waals surface area (Å²) in [4.78, 5) is 3.31. The maximum atomic E-state index is 6.34. The van der Waals surface area contributed by atoms with Crippen molar-refractivity contribution in [2.45, 2.75) is 19.5 Å². The molecule has 0 aliphatic carbocycles. The topological polar surface area (TPSA) is 82.3 Å². The van der Waals surface area contributed by atoms with Gasteiger partial charge in [-0.05, 0) is 13.0 Å². The molecule has 0 fully saturated rings. The molecule has 1 unspecified atom stereocenters. The van der Waals surface area contributed by atoms with Gasteiger partial charge in [-0.3, -0.25) is 0 Å². The Morgan fingerprint density at radius 3 is 2.95 bits per heavy atom. The van der Waals surface area contributed by atoms with Crippen molar-refractivity contribution in [3.63, 3.8) is 0 Å². The Labute approximate surface area is 114 Å². The minimum absolute atomic E-state index is 0.00114. The summed E-state index contributed by atoms with van der Waals surface area (Å²) in [5, 5.41) is 19.0. The van der Waals surface area contributed by atoms with Crippen LogP contribution in [-0.2, 0) is 6.54 Å². The lowest BCUT2D eigenvalue weighted by Gasteiger charge is -2.08. The molecule has 1 aromatic carbocycles. The SMILES string of the molecule is CC(NCc1[nH]c2ccccc2c1Cl)c1nn[nH]n1. The van der Waals surface area contributed by atoms with Crippen LogP contribution >= 0.6 is 11.6 Å². The number of rotatable bonds is 4. The summed E-state index contributed by atoms with van der Waals surface area (Å²) in [5.74, 6) is 0.632. The highest BCUT2D eigenvalue weighted by Gasteiger charge is 2.13. The number of nitrogens with zero attached hydrogens (tertiary/aromatic N) is 3. The number of fused-ring (bicyclic) bond motifs is 1. The summed E-state index contributed by atoms with van der Waals surface area (Å²) >= 11 is 6.34. The second kappa shape index (κ2) is 4.99. The molecule has 6 nitrogen and oxygen atoms in total. The third-order valence-corrected chi connectivity index (χ3v) is 3.48. The summed E-state index contributed by atoms with van der Waals surface area (Å²) in [6, 6.07) is 7.96. The Bertz CT molecular complexity index is 675. The summed E-state index contributed by atoms with van der Waals surface area (Å²) < 4.78 is 0. The van der Waals surface area contributed by atoms with Gasteiger partial charge in [-0.1, -0.05) is 35.0 Å². The first-order chi connectivity index (χ1) is 9.25. The van der Waals surface area contributed by atoms with Crippen LogP contribution in [-0.4, -0.2) is 25.6 Å². The van der Waals surface area contributed by atoms with E-state index >= 15 is 0 Å². The summed E-state index contributed by atoms with van der Waals surface area (Å²) in [6.07, 6.45) is 0. The summed E-state index contributed by atoms with van der Waals surface area (Å²) in [5.41, 5.74) is 2.00. The fourth-order valence-corrected chi connectivity index (χ4v) is 2.26. The van der Waals surface area contributed by atoms with Crippen molar-refractivity contribution in [1.82, 2.24) is 30.9 Å². The minimum Gasteiger partial charge on any atom is -0.356 e. The van der Waals surface area contributed by atoms with E-state index in [4.69, 9.17) is 11.6 Å². The number of aromatic nitrogens is 5. The first-order valence-corrected chi connectivity index (χ1v) is 6.35. The second-order valence-corrected chi connectivity index (χ2v) is 4.71. The Balaban J connectivity index is 1.77. The Morgan fingerprint density at radius 2 is 2.21 bits per heavy atom. The highest BCUT2D eigenvalue weighted by atomic mass is 35.5. The molecular weight excluding hydrogens is 264 g/mol. The third-order valence-electron chi connectivity index (χ3n) is 3.05. The van der Waals surface area contributed by atoms with Crippen LogP contribution in [0, 0.1) is 0 Å². The predicted octanol–water partition coefficient (Wildman–Crippen LogP) is 2.19. The van der Waals surface area contributed by atoms with Crippen molar-refractivity contribution in [1.29, 1.82) is 0 Å². The molecule has 3 rings (SSSR count). The van der Waals surface area contributed by atoms with E-state index in [2.05, 4.69) is 30.9 Å². The second-order valence-electron chi connectivity index (χ2n) is 4.34. The van der Waals surface area contributed by atoms with Gasteiger partial charge < -0.3 is 10.3 Å². The quantitative estimate of drug-likeness (QED) is 0.682. The van der Waals surface area contributed by atoms with Crippen LogP contribution in [0.5, 0.6) is 0 Å². The molecule has 0 bridgehead atoms. The zero-order valence-electron chi connectivity index (χ0n) is 10.3. The number of H-pyrrole nitrogens is 2. The van der Waals surface area contributed by atoms with E-state index in [9.17, 15) is 0 Å². The predicted molar refractivity (Wildman–Crippen MR) is 72.7 cm³/mol. The number of hydrogen-bond acceptors (Lipinski definition) is 4. The van der Waals surface area contributed by atoms with Gasteiger partial charge in [-0.15, -0.1) is 10.2 Å². The number of hydrogen-bond donors (Lipinski definition) is 3. The van der Waals surface area contributed by atoms with Gasteiger partial charge in [0.15, 0.2) is 5.82 Å². The van der Waals surface area contributed by atoms with E-state index in [1.165, 1.54) is 0 Å². The average Bonchev–Trinajstić information content (AvgIpc) is 3.05. The fourth-order valence-electron chi connectivity index (χ4n) is 1.98. The van der Waals surface area contributed by atoms with E-state index in [-0.39, 0.29) is 6.04 Å². The number of para-hydroxylation sites is 1. The number of benzene rings is 1. The minimum atomic E-state index is 0.00114. The van der Waals surface area contributed by atoms with Gasteiger partial charge in [0, 0.05) is 23.1 Å². The molecular formula is C12H13ClN6. The molecule has 7 heteroatoms. The Hall–Kier alpha value is -1.92. The first kappa shape index (κ1) is 12.1. The van der Waals surface area contributed by atoms with Crippen LogP contribution in [0.15, 0.2) is 24.3 Å². The lowest BCUT2D eigenvalue weighted by atomic mass is 10.2. The lowest BCUT2D eigenvalue weighted by molar-refractivity contribution is 0.542. The summed E-state index contributed by atoms with van der Waals surface area (Å²) in [6.45, 7) is 2.59. The van der Waals surface area contributed by atoms with E-state index < -0.39 is 0 Å². The standard InChI is InChI=1S/C12H13ClN6/c1-7(12-16-18-19-17-12)14-6-10-11(13)8-4-2-3-5-9(8)15-10/h2-5,7,14-15H,6H2,1H3,(H,16,17,18,19). The number of nitrogens with one attached hydrogen (secondary N) is 3. The molecule has 0 aliphatic rings. The van der Waals surface area contributed by atoms with E-state index in [0.29, 0.717) is 12.4 Å². The molecule has 19 heavy (non-hydrogen) atoms. The summed E-state index contributed by atoms with van der Waals surface area (Å²) in [7, 11) is 0. The van der Waals surface area contributed by atoms with Crippen molar-refractivity contribution in [2.75, 3.05) is 0 Å². The maximum Gasteiger partial charge on any atom is 0.191 e. The van der Waals surface area contributed by atoms with Gasteiger partial charge in [-0.25, -0.2) is 0 Å². The highest BCUT2D eigenvalue weighted by molar-refractivity contribution is 6.36. The molecule has 0 saturated carbocycles. The maximum absolute atomic E-state index is 6.34. The van der Waals surface area contributed by atoms with E-state index in [0.717, 1.165) is 21.6 Å². The van der Waals surface area contributed by atoms with Crippen LogP contribution in [0.25, 0.3) is 10.9 Å². The number of aromatic amines is 2. The monoisotopic (exact) mass is 276 g/mol. The van der Waals surface area contributed by atoms with Crippen LogP contribution in [0.3, 0.4) is 0 Å². The fraction of sp³-hybridized carbons (Fsp3) is 0.250. The largest absolute Gasteiger partial charge is 0.356 e. The van der Waals surface area contributed by atoms with Gasteiger partial charge in [-0.2, -0.15) is 5.21 Å². The molecule has 98 valence electrons. The van der Waals surface area contributed by atoms with Crippen molar-refractivity contribution in [2.24, 2.45) is 0 Å². The molecule has 0 saturated heterocycles. The molecule has 0 radical (unpaired) electrons. The molecule has 3 aromatic rings. The van der Waals surface area contributed by atoms with Gasteiger partial charge in [0.1, 0.15) is 0 Å². The zero-order valence-corrected chi connectivity index (χ0v) is 11.1. The molecule has 2 aromatic heterocycles. The lowest BCUT2D eigenvalue weighted by Crippen LogP contribution is -2.19. The molecule has 2 heterocycles. The van der Waals surface area contributed by atoms with Crippen LogP contribution in [0.1, 0.15) is 24.5 Å². The molecule has 1 atom stereocenters. The van der Waals surface area contributed by atoms with Crippen molar-refractivity contribution in [3.8, 4) is 0 Å². The highest BCUT2D eigenvalue weighted by Crippen LogP contribution is 2.27. The molecule has 3 N–H and O–H groups in total. The molecule has 0 aliphatic heterocycles. The van der Waals surface area contributed by atoms with E-state index in [1.807, 2.05) is 31.2 Å². The molecule has 0 amide bonds. The van der Waals surface area contributed by atoms with E-state index in [1.54, 1.807) is 0 Å². The normalized spacial score (nSPS) is 12.9. The number of halogens is 1. The van der Waals surface area contributed by atoms with Crippen molar-refractivity contribution >= 4 is 22.5 Å². The van der Waals surface area contributed by atoms with Crippen LogP contribution in [0.2, 0.25) is 5.02 Å². The molecule has 0 spiro atoms. The van der Waals surface area contributed by atoms with Gasteiger partial charge in [0.2, 0.25) is 0 Å². The van der Waals surface area contributed by atoms with Crippen molar-refractivity contribution in [3.05, 3.63) is 40.8 Å². The third kappa shape index (κ3) is 2.32. The van der Waals surface area contributed by atoms with Gasteiger partial charge in [0.25, 0.3) is 0 Å².